The molecule has 0 aliphatic rings. The molecule has 28 heavy (non-hydrogen) atoms. The fraction of sp³-hybridized carbons (Fsp3) is 0.333. The van der Waals surface area contributed by atoms with Crippen molar-refractivity contribution in [3.05, 3.63) is 53.6 Å². The molecule has 150 valence electrons. The van der Waals surface area contributed by atoms with Crippen molar-refractivity contribution in [2.75, 3.05) is 38.7 Å². The summed E-state index contributed by atoms with van der Waals surface area (Å²) >= 11 is 1.56. The van der Waals surface area contributed by atoms with Crippen LogP contribution >= 0.6 is 23.7 Å². The van der Waals surface area contributed by atoms with Crippen LogP contribution in [0.3, 0.4) is 0 Å². The van der Waals surface area contributed by atoms with E-state index in [1.165, 1.54) is 5.56 Å². The van der Waals surface area contributed by atoms with Crippen LogP contribution in [-0.2, 0) is 4.79 Å². The number of nitrogens with zero attached hydrogens (tertiary/aromatic N) is 3. The van der Waals surface area contributed by atoms with Gasteiger partial charge >= 0.3 is 0 Å². The number of aryl methyl sites for hydroxylation is 2. The highest BCUT2D eigenvalue weighted by molar-refractivity contribution is 7.22. The Labute approximate surface area is 176 Å². The molecule has 1 heterocycles. The minimum atomic E-state index is -0.0888. The van der Waals surface area contributed by atoms with E-state index in [1.807, 2.05) is 44.4 Å². The maximum Gasteiger partial charge on any atom is 0.266 e. The summed E-state index contributed by atoms with van der Waals surface area (Å²) in [6, 6.07) is 13.6. The Kier molecular flexibility index (Phi) is 7.80. The summed E-state index contributed by atoms with van der Waals surface area (Å²) < 4.78 is 6.77. The molecule has 3 rings (SSSR count). The number of ether oxygens (including phenoxy) is 1. The lowest BCUT2D eigenvalue weighted by molar-refractivity contribution is -0.120. The lowest BCUT2D eigenvalue weighted by Gasteiger charge is -2.22. The number of carbonyl (C=O) groups is 1. The number of hydrogen-bond donors (Lipinski definition) is 0. The molecule has 0 spiro atoms. The molecular weight excluding hydrogens is 394 g/mol. The van der Waals surface area contributed by atoms with Crippen molar-refractivity contribution in [2.24, 2.45) is 0 Å². The van der Waals surface area contributed by atoms with Crippen LogP contribution < -0.4 is 9.64 Å². The van der Waals surface area contributed by atoms with Crippen molar-refractivity contribution in [3.63, 3.8) is 0 Å². The topological polar surface area (TPSA) is 45.7 Å². The van der Waals surface area contributed by atoms with Gasteiger partial charge in [0.05, 0.1) is 10.2 Å². The molecule has 0 saturated carbocycles. The van der Waals surface area contributed by atoms with Gasteiger partial charge < -0.3 is 9.64 Å². The normalized spacial score (nSPS) is 10.8. The predicted molar refractivity (Wildman–Crippen MR) is 119 cm³/mol. The van der Waals surface area contributed by atoms with Gasteiger partial charge in [0.1, 0.15) is 5.75 Å². The predicted octanol–water partition coefficient (Wildman–Crippen LogP) is 4.31. The average molecular weight is 420 g/mol. The Hall–Kier alpha value is -2.15. The molecule has 0 N–H and O–H groups in total. The second-order valence-corrected chi connectivity index (χ2v) is 7.88. The maximum absolute atomic E-state index is 12.9. The van der Waals surface area contributed by atoms with Crippen molar-refractivity contribution in [3.8, 4) is 5.75 Å². The van der Waals surface area contributed by atoms with Gasteiger partial charge in [0.25, 0.3) is 5.91 Å². The first-order chi connectivity index (χ1) is 12.9. The molecule has 2 aromatic carbocycles. The minimum absolute atomic E-state index is 0. The number of hydrogen-bond acceptors (Lipinski definition) is 5. The van der Waals surface area contributed by atoms with E-state index in [-0.39, 0.29) is 24.9 Å². The monoisotopic (exact) mass is 419 g/mol. The van der Waals surface area contributed by atoms with Gasteiger partial charge in [-0.25, -0.2) is 4.98 Å². The van der Waals surface area contributed by atoms with E-state index in [0.29, 0.717) is 12.3 Å². The molecule has 0 saturated heterocycles. The number of benzene rings is 2. The zero-order valence-corrected chi connectivity index (χ0v) is 18.3. The van der Waals surface area contributed by atoms with Crippen LogP contribution in [0, 0.1) is 13.8 Å². The van der Waals surface area contributed by atoms with E-state index >= 15 is 0 Å². The number of thiazole rings is 1. The molecule has 0 fully saturated rings. The van der Waals surface area contributed by atoms with Crippen molar-refractivity contribution in [1.29, 1.82) is 0 Å². The van der Waals surface area contributed by atoms with Gasteiger partial charge in [-0.1, -0.05) is 35.6 Å². The number of rotatable bonds is 7. The zero-order valence-electron chi connectivity index (χ0n) is 16.6. The molecule has 0 atom stereocenters. The van der Waals surface area contributed by atoms with E-state index in [9.17, 15) is 4.79 Å². The summed E-state index contributed by atoms with van der Waals surface area (Å²) in [6.07, 6.45) is 0. The first-order valence-electron chi connectivity index (χ1n) is 8.95. The molecule has 1 amide bonds. The molecule has 0 aliphatic heterocycles. The third kappa shape index (κ3) is 5.44. The molecule has 7 heteroatoms. The summed E-state index contributed by atoms with van der Waals surface area (Å²) in [6.45, 7) is 5.45. The number of carbonyl (C=O) groups excluding carboxylic acids is 1. The van der Waals surface area contributed by atoms with Crippen LogP contribution in [0.4, 0.5) is 5.13 Å². The van der Waals surface area contributed by atoms with Gasteiger partial charge in [-0.3, -0.25) is 9.69 Å². The number of likely N-dealkylation sites (N-methyl/N-ethyl adjacent to an activating group) is 1. The average Bonchev–Trinajstić information content (AvgIpc) is 3.04. The summed E-state index contributed by atoms with van der Waals surface area (Å²) in [7, 11) is 3.99. The lowest BCUT2D eigenvalue weighted by atomic mass is 10.1. The largest absolute Gasteiger partial charge is 0.484 e. The Morgan fingerprint density at radius 1 is 1.11 bits per heavy atom. The second kappa shape index (κ2) is 9.87. The van der Waals surface area contributed by atoms with E-state index in [4.69, 9.17) is 9.72 Å². The summed E-state index contributed by atoms with van der Waals surface area (Å²) in [5, 5.41) is 0.724. The van der Waals surface area contributed by atoms with Gasteiger partial charge in [0.2, 0.25) is 0 Å². The smallest absolute Gasteiger partial charge is 0.266 e. The quantitative estimate of drug-likeness (QED) is 0.572. The van der Waals surface area contributed by atoms with Crippen molar-refractivity contribution in [2.45, 2.75) is 13.8 Å². The number of fused-ring (bicyclic) bond motifs is 1. The standard InChI is InChI=1S/C21H25N3O2S.ClH/c1-15-12-16(2)20-18(13-15)27-21(22-20)24(11-10-23(3)4)19(25)14-26-17-8-6-5-7-9-17;/h5-9,12-13H,10-11,14H2,1-4H3;1H. The molecule has 0 aliphatic carbocycles. The van der Waals surface area contributed by atoms with Gasteiger partial charge in [0, 0.05) is 13.1 Å². The SMILES string of the molecule is Cc1cc(C)c2nc(N(CCN(C)C)C(=O)COc3ccccc3)sc2c1.Cl. The molecule has 0 unspecified atom stereocenters. The van der Waals surface area contributed by atoms with Crippen molar-refractivity contribution in [1.82, 2.24) is 9.88 Å². The number of amides is 1. The fourth-order valence-electron chi connectivity index (χ4n) is 2.84. The van der Waals surface area contributed by atoms with Crippen LogP contribution in [0.1, 0.15) is 11.1 Å². The number of aromatic nitrogens is 1. The molecule has 3 aromatic rings. The molecule has 0 radical (unpaired) electrons. The third-order valence-corrected chi connectivity index (χ3v) is 5.25. The van der Waals surface area contributed by atoms with Crippen LogP contribution in [0.5, 0.6) is 5.75 Å². The third-order valence-electron chi connectivity index (χ3n) is 4.23. The molecular formula is C21H26ClN3O2S. The minimum Gasteiger partial charge on any atom is -0.484 e. The van der Waals surface area contributed by atoms with Crippen LogP contribution in [-0.4, -0.2) is 49.6 Å². The number of para-hydroxylation sites is 1. The Morgan fingerprint density at radius 3 is 2.50 bits per heavy atom. The van der Waals surface area contributed by atoms with Gasteiger partial charge in [0.15, 0.2) is 11.7 Å². The Balaban J connectivity index is 0.00000280. The Bertz CT molecular complexity index is 928. The highest BCUT2D eigenvalue weighted by Gasteiger charge is 2.21. The van der Waals surface area contributed by atoms with Crippen molar-refractivity contribution >= 4 is 45.0 Å². The molecule has 1 aromatic heterocycles. The van der Waals surface area contributed by atoms with E-state index in [2.05, 4.69) is 30.9 Å². The Morgan fingerprint density at radius 2 is 1.82 bits per heavy atom. The van der Waals surface area contributed by atoms with Crippen LogP contribution in [0.15, 0.2) is 42.5 Å². The second-order valence-electron chi connectivity index (χ2n) is 6.88. The van der Waals surface area contributed by atoms with E-state index < -0.39 is 0 Å². The molecule has 5 nitrogen and oxygen atoms in total. The van der Waals surface area contributed by atoms with E-state index in [0.717, 1.165) is 27.5 Å². The summed E-state index contributed by atoms with van der Waals surface area (Å²) in [5.74, 6) is 0.600. The first kappa shape index (κ1) is 22.1. The van der Waals surface area contributed by atoms with Crippen LogP contribution in [0.2, 0.25) is 0 Å². The summed E-state index contributed by atoms with van der Waals surface area (Å²) in [4.78, 5) is 21.5. The van der Waals surface area contributed by atoms with Gasteiger partial charge in [-0.05, 0) is 57.3 Å². The number of anilines is 1. The van der Waals surface area contributed by atoms with Crippen LogP contribution in [0.25, 0.3) is 10.2 Å². The van der Waals surface area contributed by atoms with Gasteiger partial charge in [-0.15, -0.1) is 12.4 Å². The number of halogens is 1. The maximum atomic E-state index is 12.9. The fourth-order valence-corrected chi connectivity index (χ4v) is 4.03. The van der Waals surface area contributed by atoms with Gasteiger partial charge in [-0.2, -0.15) is 0 Å². The first-order valence-corrected chi connectivity index (χ1v) is 9.76. The summed E-state index contributed by atoms with van der Waals surface area (Å²) in [5.41, 5.74) is 3.30. The lowest BCUT2D eigenvalue weighted by Crippen LogP contribution is -2.39. The molecule has 0 bridgehead atoms. The zero-order chi connectivity index (χ0) is 19.4. The highest BCUT2D eigenvalue weighted by Crippen LogP contribution is 2.31. The van der Waals surface area contributed by atoms with Crippen molar-refractivity contribution < 1.29 is 9.53 Å². The highest BCUT2D eigenvalue weighted by atomic mass is 35.5. The van der Waals surface area contributed by atoms with E-state index in [1.54, 1.807) is 16.2 Å².